The molecule has 1 amide bonds. The van der Waals surface area contributed by atoms with E-state index in [9.17, 15) is 9.59 Å². The number of pyridine rings is 1. The molecule has 0 spiro atoms. The van der Waals surface area contributed by atoms with Crippen LogP contribution in [0.3, 0.4) is 0 Å². The number of allylic oxidation sites excluding steroid dienone is 3. The number of thiophene rings is 1. The quantitative estimate of drug-likeness (QED) is 0.381. The highest BCUT2D eigenvalue weighted by atomic mass is 32.2. The molecule has 184 valence electrons. The van der Waals surface area contributed by atoms with Gasteiger partial charge in [0.25, 0.3) is 5.91 Å². The minimum absolute atomic E-state index is 0.102. The Kier molecular flexibility index (Phi) is 6.86. The molecule has 1 aliphatic carbocycles. The molecule has 0 unspecified atom stereocenters. The monoisotopic (exact) mass is 515 g/mol. The van der Waals surface area contributed by atoms with Gasteiger partial charge in [0.2, 0.25) is 0 Å². The van der Waals surface area contributed by atoms with Crippen molar-refractivity contribution >= 4 is 40.6 Å². The van der Waals surface area contributed by atoms with Crippen LogP contribution in [0, 0.1) is 13.8 Å². The highest BCUT2D eigenvalue weighted by Gasteiger charge is 2.42. The molecule has 0 bridgehead atoms. The third-order valence-electron chi connectivity index (χ3n) is 6.84. The summed E-state index contributed by atoms with van der Waals surface area (Å²) < 4.78 is 1.14. The molecular formula is C29H29N3O2S2. The summed E-state index contributed by atoms with van der Waals surface area (Å²) in [7, 11) is 0. The maximum Gasteiger partial charge on any atom is 0.255 e. The second-order valence-corrected chi connectivity index (χ2v) is 11.7. The van der Waals surface area contributed by atoms with E-state index < -0.39 is 5.92 Å². The number of hydrogen-bond donors (Lipinski definition) is 2. The van der Waals surface area contributed by atoms with Crippen LogP contribution in [0.15, 0.2) is 81.5 Å². The van der Waals surface area contributed by atoms with Gasteiger partial charge in [-0.15, -0.1) is 23.1 Å². The van der Waals surface area contributed by atoms with Gasteiger partial charge in [-0.25, -0.2) is 4.98 Å². The number of Topliss-reactive ketones (excluding diaryl/α,β-unsaturated/α-hetero) is 1. The van der Waals surface area contributed by atoms with Crippen LogP contribution in [0.1, 0.15) is 53.2 Å². The van der Waals surface area contributed by atoms with Crippen molar-refractivity contribution < 1.29 is 9.59 Å². The van der Waals surface area contributed by atoms with Gasteiger partial charge in [-0.1, -0.05) is 30.3 Å². The van der Waals surface area contributed by atoms with Crippen LogP contribution in [0.25, 0.3) is 0 Å². The van der Waals surface area contributed by atoms with Crippen LogP contribution >= 0.6 is 23.1 Å². The lowest BCUT2D eigenvalue weighted by Crippen LogP contribution is -2.37. The minimum Gasteiger partial charge on any atom is -0.362 e. The average molecular weight is 516 g/mol. The average Bonchev–Trinajstić information content (AvgIpc) is 3.23. The molecule has 0 saturated carbocycles. The Hall–Kier alpha value is -3.16. The lowest BCUT2D eigenvalue weighted by molar-refractivity contribution is -0.116. The Morgan fingerprint density at radius 1 is 1.11 bits per heavy atom. The molecule has 5 nitrogen and oxygen atoms in total. The summed E-state index contributed by atoms with van der Waals surface area (Å²) in [4.78, 5) is 33.1. The first-order valence-corrected chi connectivity index (χ1v) is 14.1. The summed E-state index contributed by atoms with van der Waals surface area (Å²) in [5.41, 5.74) is 6.24. The number of dihydropyridines is 1. The smallest absolute Gasteiger partial charge is 0.255 e. The number of thioether (sulfide) groups is 1. The Morgan fingerprint density at radius 3 is 2.61 bits per heavy atom. The summed E-state index contributed by atoms with van der Waals surface area (Å²) in [6.45, 7) is 5.97. The molecule has 7 heteroatoms. The highest BCUT2D eigenvalue weighted by molar-refractivity contribution is 8.00. The standard InChI is InChI=1S/C29H29N3O2S2/c1-16-10-11-30-24(12-16)32-28(34)25-18(3)31-22-14-20(19-8-6-5-7-9-19)15-23(33)27(22)26(25)21-13-17(2)36-29(21)35-4/h5-13,20,26,31H,14-15H2,1-4H3,(H,30,32,34)/t20-,26+/m0/s1. The number of benzene rings is 1. The molecule has 3 heterocycles. The number of nitrogens with one attached hydrogen (secondary N) is 2. The molecule has 1 aromatic carbocycles. The van der Waals surface area contributed by atoms with E-state index >= 15 is 0 Å². The summed E-state index contributed by atoms with van der Waals surface area (Å²) in [6.07, 6.45) is 4.91. The van der Waals surface area contributed by atoms with Crippen molar-refractivity contribution in [1.29, 1.82) is 0 Å². The fourth-order valence-electron chi connectivity index (χ4n) is 5.27. The number of aromatic nitrogens is 1. The highest BCUT2D eigenvalue weighted by Crippen LogP contribution is 2.49. The number of ketones is 1. The van der Waals surface area contributed by atoms with Crippen molar-refractivity contribution in [3.63, 3.8) is 0 Å². The van der Waals surface area contributed by atoms with Crippen molar-refractivity contribution in [3.05, 3.63) is 98.8 Å². The van der Waals surface area contributed by atoms with E-state index in [1.807, 2.05) is 50.4 Å². The molecule has 5 rings (SSSR count). The predicted octanol–water partition coefficient (Wildman–Crippen LogP) is 6.48. The molecular weight excluding hydrogens is 486 g/mol. The van der Waals surface area contributed by atoms with Crippen molar-refractivity contribution in [2.24, 2.45) is 0 Å². The molecule has 0 saturated heterocycles. The number of amides is 1. The van der Waals surface area contributed by atoms with Crippen LogP contribution in [0.4, 0.5) is 5.82 Å². The number of rotatable bonds is 5. The normalized spacial score (nSPS) is 19.7. The van der Waals surface area contributed by atoms with Gasteiger partial charge in [0.05, 0.1) is 4.21 Å². The lowest BCUT2D eigenvalue weighted by Gasteiger charge is -2.37. The van der Waals surface area contributed by atoms with Crippen molar-refractivity contribution in [3.8, 4) is 0 Å². The SMILES string of the molecule is CSc1sc(C)cc1[C@@H]1C(C(=O)Nc2cc(C)ccn2)=C(C)NC2=C1C(=O)C[C@@H](c1ccccc1)C2. The van der Waals surface area contributed by atoms with E-state index in [4.69, 9.17) is 0 Å². The molecule has 3 aromatic rings. The summed E-state index contributed by atoms with van der Waals surface area (Å²) in [6, 6.07) is 16.1. The summed E-state index contributed by atoms with van der Waals surface area (Å²) >= 11 is 3.38. The number of anilines is 1. The molecule has 2 atom stereocenters. The number of hydrogen-bond acceptors (Lipinski definition) is 6. The zero-order valence-electron chi connectivity index (χ0n) is 20.8. The van der Waals surface area contributed by atoms with Gasteiger partial charge in [0.1, 0.15) is 5.82 Å². The van der Waals surface area contributed by atoms with E-state index in [0.717, 1.165) is 38.7 Å². The first-order chi connectivity index (χ1) is 17.4. The first kappa shape index (κ1) is 24.5. The Labute approximate surface area is 220 Å². The number of aryl methyl sites for hydroxylation is 2. The van der Waals surface area contributed by atoms with Crippen molar-refractivity contribution in [1.82, 2.24) is 10.3 Å². The van der Waals surface area contributed by atoms with Crippen LogP contribution in [-0.2, 0) is 9.59 Å². The Morgan fingerprint density at radius 2 is 1.89 bits per heavy atom. The zero-order chi connectivity index (χ0) is 25.4. The summed E-state index contributed by atoms with van der Waals surface area (Å²) in [5.74, 6) is 0.0789. The zero-order valence-corrected chi connectivity index (χ0v) is 22.5. The lowest BCUT2D eigenvalue weighted by atomic mass is 9.72. The first-order valence-electron chi connectivity index (χ1n) is 12.0. The molecule has 2 aromatic heterocycles. The van der Waals surface area contributed by atoms with Gasteiger partial charge in [-0.05, 0) is 74.3 Å². The minimum atomic E-state index is -0.414. The Balaban J connectivity index is 1.59. The van der Waals surface area contributed by atoms with E-state index in [2.05, 4.69) is 40.7 Å². The van der Waals surface area contributed by atoms with Gasteiger partial charge in [-0.3, -0.25) is 9.59 Å². The van der Waals surface area contributed by atoms with Gasteiger partial charge in [-0.2, -0.15) is 0 Å². The van der Waals surface area contributed by atoms with Crippen molar-refractivity contribution in [2.45, 2.75) is 49.7 Å². The van der Waals surface area contributed by atoms with E-state index in [1.165, 1.54) is 10.4 Å². The second kappa shape index (κ2) is 10.1. The van der Waals surface area contributed by atoms with E-state index in [1.54, 1.807) is 29.3 Å². The third kappa shape index (κ3) is 4.65. The fourth-order valence-corrected chi connectivity index (χ4v) is 7.19. The van der Waals surface area contributed by atoms with Crippen LogP contribution in [0.2, 0.25) is 0 Å². The molecule has 2 aliphatic rings. The largest absolute Gasteiger partial charge is 0.362 e. The predicted molar refractivity (Wildman–Crippen MR) is 147 cm³/mol. The van der Waals surface area contributed by atoms with Gasteiger partial charge in [0.15, 0.2) is 5.78 Å². The van der Waals surface area contributed by atoms with Gasteiger partial charge >= 0.3 is 0 Å². The topological polar surface area (TPSA) is 71.1 Å². The number of carbonyl (C=O) groups excluding carboxylic acids is 2. The molecule has 2 N–H and O–H groups in total. The molecule has 36 heavy (non-hydrogen) atoms. The molecule has 1 aliphatic heterocycles. The van der Waals surface area contributed by atoms with E-state index in [-0.39, 0.29) is 17.6 Å². The van der Waals surface area contributed by atoms with E-state index in [0.29, 0.717) is 17.8 Å². The van der Waals surface area contributed by atoms with Crippen LogP contribution in [-0.4, -0.2) is 22.9 Å². The fraction of sp³-hybridized carbons (Fsp3) is 0.276. The summed E-state index contributed by atoms with van der Waals surface area (Å²) in [5, 5.41) is 6.46. The third-order valence-corrected chi connectivity index (χ3v) is 9.06. The van der Waals surface area contributed by atoms with Crippen molar-refractivity contribution in [2.75, 3.05) is 11.6 Å². The maximum atomic E-state index is 13.8. The second-order valence-electron chi connectivity index (χ2n) is 9.40. The van der Waals surface area contributed by atoms with Crippen LogP contribution < -0.4 is 10.6 Å². The molecule has 0 radical (unpaired) electrons. The van der Waals surface area contributed by atoms with Gasteiger partial charge in [0, 0.05) is 46.0 Å². The maximum absolute atomic E-state index is 13.8. The Bertz CT molecular complexity index is 1400. The number of nitrogens with zero attached hydrogens (tertiary/aromatic N) is 1. The molecule has 0 fully saturated rings. The van der Waals surface area contributed by atoms with Crippen LogP contribution in [0.5, 0.6) is 0 Å². The number of carbonyl (C=O) groups is 2. The van der Waals surface area contributed by atoms with Gasteiger partial charge < -0.3 is 10.6 Å².